The molecule has 0 fully saturated rings. The maximum Gasteiger partial charge on any atom is 0.387 e. The fourth-order valence-electron chi connectivity index (χ4n) is 2.13. The smallest absolute Gasteiger partial charge is 0.387 e. The minimum atomic E-state index is -2.90. The summed E-state index contributed by atoms with van der Waals surface area (Å²) in [5.41, 5.74) is 1.16. The predicted octanol–water partition coefficient (Wildman–Crippen LogP) is 3.19. The van der Waals surface area contributed by atoms with Crippen LogP contribution >= 0.6 is 0 Å². The lowest BCUT2D eigenvalue weighted by Crippen LogP contribution is -2.11. The average Bonchev–Trinajstić information content (AvgIpc) is 2.47. The largest absolute Gasteiger partial charge is 0.435 e. The van der Waals surface area contributed by atoms with Crippen LogP contribution in [0.4, 0.5) is 8.78 Å². The van der Waals surface area contributed by atoms with Gasteiger partial charge in [0.2, 0.25) is 0 Å². The van der Waals surface area contributed by atoms with Crippen molar-refractivity contribution in [3.8, 4) is 17.0 Å². The molecule has 0 bridgehead atoms. The Hall–Kier alpha value is -2.76. The van der Waals surface area contributed by atoms with E-state index in [0.29, 0.717) is 16.6 Å². The van der Waals surface area contributed by atoms with Crippen molar-refractivity contribution in [1.29, 1.82) is 0 Å². The molecular formula is C15H10F2N2O2. The van der Waals surface area contributed by atoms with Crippen LogP contribution in [0.5, 0.6) is 5.75 Å². The molecule has 0 saturated heterocycles. The molecule has 0 saturated carbocycles. The molecule has 0 amide bonds. The van der Waals surface area contributed by atoms with Crippen molar-refractivity contribution in [2.45, 2.75) is 6.61 Å². The number of alkyl halides is 2. The number of aromatic nitrogens is 2. The van der Waals surface area contributed by atoms with E-state index < -0.39 is 12.3 Å². The third-order valence-electron chi connectivity index (χ3n) is 2.97. The van der Waals surface area contributed by atoms with E-state index in [9.17, 15) is 13.6 Å². The minimum absolute atomic E-state index is 0.0172. The van der Waals surface area contributed by atoms with Crippen LogP contribution in [0.3, 0.4) is 0 Å². The molecule has 0 aliphatic carbocycles. The second kappa shape index (κ2) is 5.32. The molecule has 1 N–H and O–H groups in total. The van der Waals surface area contributed by atoms with E-state index in [1.807, 2.05) is 18.2 Å². The number of nitrogens with zero attached hydrogens (tertiary/aromatic N) is 1. The standard InChI is InChI=1S/C15H10F2N2O2/c16-14(17)21-10-6-7-12-11(8-10)13(19-15(20)18-12)9-4-2-1-3-5-9/h1-8,14H,(H,18,19,20). The Morgan fingerprint density at radius 2 is 1.86 bits per heavy atom. The maximum absolute atomic E-state index is 12.3. The van der Waals surface area contributed by atoms with Crippen molar-refractivity contribution in [1.82, 2.24) is 9.97 Å². The summed E-state index contributed by atoms with van der Waals surface area (Å²) in [7, 11) is 0. The van der Waals surface area contributed by atoms with Crippen LogP contribution in [0.15, 0.2) is 53.3 Å². The zero-order valence-electron chi connectivity index (χ0n) is 10.7. The molecule has 0 unspecified atom stereocenters. The molecule has 0 spiro atoms. The Kier molecular flexibility index (Phi) is 3.35. The number of aromatic amines is 1. The average molecular weight is 288 g/mol. The lowest BCUT2D eigenvalue weighted by Gasteiger charge is -2.08. The second-order valence-electron chi connectivity index (χ2n) is 4.34. The Morgan fingerprint density at radius 3 is 2.57 bits per heavy atom. The van der Waals surface area contributed by atoms with Gasteiger partial charge in [-0.05, 0) is 18.2 Å². The first-order valence-electron chi connectivity index (χ1n) is 6.18. The van der Waals surface area contributed by atoms with Crippen LogP contribution in [0.2, 0.25) is 0 Å². The van der Waals surface area contributed by atoms with Gasteiger partial charge in [0.15, 0.2) is 0 Å². The van der Waals surface area contributed by atoms with Gasteiger partial charge in [0.05, 0.1) is 11.2 Å². The molecule has 21 heavy (non-hydrogen) atoms. The van der Waals surface area contributed by atoms with Gasteiger partial charge in [-0.2, -0.15) is 13.8 Å². The highest BCUT2D eigenvalue weighted by molar-refractivity contribution is 5.92. The fourth-order valence-corrected chi connectivity index (χ4v) is 2.13. The summed E-state index contributed by atoms with van der Waals surface area (Å²) in [6, 6.07) is 13.4. The van der Waals surface area contributed by atoms with E-state index in [4.69, 9.17) is 0 Å². The number of halogens is 2. The van der Waals surface area contributed by atoms with Gasteiger partial charge in [-0.25, -0.2) is 4.79 Å². The van der Waals surface area contributed by atoms with E-state index in [-0.39, 0.29) is 5.75 Å². The minimum Gasteiger partial charge on any atom is -0.435 e. The predicted molar refractivity (Wildman–Crippen MR) is 74.4 cm³/mol. The molecule has 0 aliphatic heterocycles. The molecule has 1 aromatic heterocycles. The molecule has 6 heteroatoms. The summed E-state index contributed by atoms with van der Waals surface area (Å²) < 4.78 is 29.0. The highest BCUT2D eigenvalue weighted by Gasteiger charge is 2.10. The van der Waals surface area contributed by atoms with Crippen LogP contribution in [0.1, 0.15) is 0 Å². The first kappa shape index (κ1) is 13.2. The van der Waals surface area contributed by atoms with Gasteiger partial charge < -0.3 is 9.72 Å². The molecule has 2 aromatic carbocycles. The number of hydrogen-bond donors (Lipinski definition) is 1. The Labute approximate surface area is 118 Å². The summed E-state index contributed by atoms with van der Waals surface area (Å²) in [6.45, 7) is -2.90. The van der Waals surface area contributed by atoms with Gasteiger partial charge >= 0.3 is 12.3 Å². The fraction of sp³-hybridized carbons (Fsp3) is 0.0667. The lowest BCUT2D eigenvalue weighted by atomic mass is 10.1. The van der Waals surface area contributed by atoms with Crippen molar-refractivity contribution in [2.75, 3.05) is 0 Å². The normalized spacial score (nSPS) is 11.0. The highest BCUT2D eigenvalue weighted by atomic mass is 19.3. The quantitative estimate of drug-likeness (QED) is 0.805. The van der Waals surface area contributed by atoms with Gasteiger partial charge in [-0.15, -0.1) is 0 Å². The third-order valence-corrected chi connectivity index (χ3v) is 2.97. The molecular weight excluding hydrogens is 278 g/mol. The van der Waals surface area contributed by atoms with Crippen LogP contribution in [-0.2, 0) is 0 Å². The Balaban J connectivity index is 2.24. The van der Waals surface area contributed by atoms with Crippen LogP contribution in [0, 0.1) is 0 Å². The van der Waals surface area contributed by atoms with Gasteiger partial charge in [-0.1, -0.05) is 30.3 Å². The summed E-state index contributed by atoms with van der Waals surface area (Å²) >= 11 is 0. The molecule has 3 aromatic rings. The van der Waals surface area contributed by atoms with Crippen molar-refractivity contribution < 1.29 is 13.5 Å². The number of fused-ring (bicyclic) bond motifs is 1. The maximum atomic E-state index is 12.3. The highest BCUT2D eigenvalue weighted by Crippen LogP contribution is 2.28. The van der Waals surface area contributed by atoms with Crippen molar-refractivity contribution in [3.05, 3.63) is 59.0 Å². The molecule has 4 nitrogen and oxygen atoms in total. The molecule has 106 valence electrons. The summed E-state index contributed by atoms with van der Waals surface area (Å²) in [4.78, 5) is 18.1. The van der Waals surface area contributed by atoms with Crippen molar-refractivity contribution in [3.63, 3.8) is 0 Å². The monoisotopic (exact) mass is 288 g/mol. The van der Waals surface area contributed by atoms with Crippen molar-refractivity contribution in [2.24, 2.45) is 0 Å². The van der Waals surface area contributed by atoms with Crippen LogP contribution < -0.4 is 10.4 Å². The summed E-state index contributed by atoms with van der Waals surface area (Å²) in [5, 5.41) is 0.541. The Morgan fingerprint density at radius 1 is 1.10 bits per heavy atom. The summed E-state index contributed by atoms with van der Waals surface area (Å²) in [5.74, 6) is 0.0172. The molecule has 0 radical (unpaired) electrons. The molecule has 0 atom stereocenters. The molecule has 1 heterocycles. The van der Waals surface area contributed by atoms with E-state index in [2.05, 4.69) is 14.7 Å². The van der Waals surface area contributed by atoms with Crippen LogP contribution in [0.25, 0.3) is 22.2 Å². The zero-order valence-corrected chi connectivity index (χ0v) is 10.7. The van der Waals surface area contributed by atoms with Gasteiger partial charge in [0.25, 0.3) is 0 Å². The molecule has 0 aliphatic rings. The van der Waals surface area contributed by atoms with Gasteiger partial charge in [-0.3, -0.25) is 0 Å². The summed E-state index contributed by atoms with van der Waals surface area (Å²) in [6.07, 6.45) is 0. The number of nitrogens with one attached hydrogen (secondary N) is 1. The second-order valence-corrected chi connectivity index (χ2v) is 4.34. The number of rotatable bonds is 3. The van der Waals surface area contributed by atoms with E-state index in [1.165, 1.54) is 18.2 Å². The van der Waals surface area contributed by atoms with Crippen molar-refractivity contribution >= 4 is 10.9 Å². The van der Waals surface area contributed by atoms with E-state index in [1.54, 1.807) is 12.1 Å². The van der Waals surface area contributed by atoms with E-state index in [0.717, 1.165) is 5.56 Å². The van der Waals surface area contributed by atoms with E-state index >= 15 is 0 Å². The third kappa shape index (κ3) is 2.74. The van der Waals surface area contributed by atoms with Crippen LogP contribution in [-0.4, -0.2) is 16.6 Å². The number of hydrogen-bond acceptors (Lipinski definition) is 3. The first-order chi connectivity index (χ1) is 10.1. The number of benzene rings is 2. The SMILES string of the molecule is O=c1nc(-c2ccccc2)c2cc(OC(F)F)ccc2[nH]1. The zero-order chi connectivity index (χ0) is 14.8. The number of H-pyrrole nitrogens is 1. The lowest BCUT2D eigenvalue weighted by molar-refractivity contribution is -0.0497. The van der Waals surface area contributed by atoms with Gasteiger partial charge in [0, 0.05) is 10.9 Å². The first-order valence-corrected chi connectivity index (χ1v) is 6.18. The van der Waals surface area contributed by atoms with Gasteiger partial charge in [0.1, 0.15) is 5.75 Å². The topological polar surface area (TPSA) is 55.0 Å². The molecule has 3 rings (SSSR count). The Bertz CT molecular complexity index is 832. The number of ether oxygens (including phenoxy) is 1.